The Labute approximate surface area is 225 Å². The molecule has 188 valence electrons. The summed E-state index contributed by atoms with van der Waals surface area (Å²) in [6.45, 7) is 4.62. The highest BCUT2D eigenvalue weighted by atomic mass is 35.5. The van der Waals surface area contributed by atoms with Crippen molar-refractivity contribution in [1.29, 1.82) is 0 Å². The maximum atomic E-state index is 12.5. The molecule has 36 heavy (non-hydrogen) atoms. The smallest absolute Gasteiger partial charge is 0.270 e. The van der Waals surface area contributed by atoms with Crippen LogP contribution in [0.4, 0.5) is 0 Å². The summed E-state index contributed by atoms with van der Waals surface area (Å²) in [6, 6.07) is 8.84. The normalized spacial score (nSPS) is 14.3. The molecule has 13 heteroatoms. The van der Waals surface area contributed by atoms with Crippen molar-refractivity contribution < 1.29 is 13.9 Å². The fourth-order valence-corrected chi connectivity index (χ4v) is 5.89. The second kappa shape index (κ2) is 11.8. The lowest BCUT2D eigenvalue weighted by atomic mass is 10.3. The number of carbonyl (C=O) groups excluding carboxylic acids is 1. The third-order valence-electron chi connectivity index (χ3n) is 5.45. The molecule has 9 nitrogen and oxygen atoms in total. The third-order valence-corrected chi connectivity index (χ3v) is 7.96. The van der Waals surface area contributed by atoms with Crippen LogP contribution in [0.3, 0.4) is 0 Å². The Morgan fingerprint density at radius 3 is 2.83 bits per heavy atom. The monoisotopic (exact) mass is 564 g/mol. The van der Waals surface area contributed by atoms with Gasteiger partial charge in [-0.15, -0.1) is 21.5 Å². The zero-order valence-corrected chi connectivity index (χ0v) is 22.2. The molecule has 1 saturated heterocycles. The summed E-state index contributed by atoms with van der Waals surface area (Å²) < 4.78 is 12.7. The maximum absolute atomic E-state index is 12.5. The summed E-state index contributed by atoms with van der Waals surface area (Å²) in [5, 5.41) is 15.8. The van der Waals surface area contributed by atoms with Gasteiger partial charge in [0.2, 0.25) is 5.82 Å². The van der Waals surface area contributed by atoms with Crippen molar-refractivity contribution in [2.75, 3.05) is 39.4 Å². The zero-order valence-electron chi connectivity index (χ0n) is 19.0. The van der Waals surface area contributed by atoms with E-state index in [4.69, 9.17) is 32.4 Å². The lowest BCUT2D eigenvalue weighted by molar-refractivity contribution is 0.0383. The number of ether oxygens (including phenoxy) is 1. The van der Waals surface area contributed by atoms with Crippen LogP contribution in [0.5, 0.6) is 0 Å². The van der Waals surface area contributed by atoms with Crippen LogP contribution in [-0.2, 0) is 10.5 Å². The van der Waals surface area contributed by atoms with Crippen LogP contribution in [0.1, 0.15) is 15.5 Å². The molecule has 0 bridgehead atoms. The van der Waals surface area contributed by atoms with Crippen molar-refractivity contribution in [2.45, 2.75) is 10.9 Å². The van der Waals surface area contributed by atoms with Crippen LogP contribution in [0, 0.1) is 0 Å². The van der Waals surface area contributed by atoms with E-state index in [2.05, 4.69) is 25.4 Å². The van der Waals surface area contributed by atoms with Crippen LogP contribution in [0.25, 0.3) is 17.3 Å². The topological polar surface area (TPSA) is 98.3 Å². The summed E-state index contributed by atoms with van der Waals surface area (Å²) in [4.78, 5) is 19.3. The van der Waals surface area contributed by atoms with Gasteiger partial charge in [0.25, 0.3) is 5.91 Å². The average Bonchev–Trinajstić information content (AvgIpc) is 3.64. The lowest BCUT2D eigenvalue weighted by Gasteiger charge is -2.26. The number of benzene rings is 1. The largest absolute Gasteiger partial charge is 0.461 e. The number of aromatic nitrogens is 4. The number of hydrogen-bond acceptors (Lipinski definition) is 9. The number of nitrogens with zero attached hydrogens (tertiary/aromatic N) is 5. The fraction of sp³-hybridized carbons (Fsp3) is 0.304. The van der Waals surface area contributed by atoms with Crippen molar-refractivity contribution in [2.24, 2.45) is 0 Å². The molecule has 0 saturated carbocycles. The van der Waals surface area contributed by atoms with Gasteiger partial charge in [0, 0.05) is 36.6 Å². The first kappa shape index (κ1) is 25.2. The first-order valence-electron chi connectivity index (χ1n) is 11.2. The van der Waals surface area contributed by atoms with E-state index in [0.717, 1.165) is 37.9 Å². The second-order valence-corrected chi connectivity index (χ2v) is 10.6. The predicted octanol–water partition coefficient (Wildman–Crippen LogP) is 4.64. The Kier molecular flexibility index (Phi) is 8.25. The van der Waals surface area contributed by atoms with Gasteiger partial charge in [-0.1, -0.05) is 35.0 Å². The molecule has 1 aromatic carbocycles. The van der Waals surface area contributed by atoms with Gasteiger partial charge >= 0.3 is 0 Å². The van der Waals surface area contributed by atoms with E-state index in [1.54, 1.807) is 29.8 Å². The minimum Gasteiger partial charge on any atom is -0.461 e. The molecule has 5 rings (SSSR count). The zero-order chi connectivity index (χ0) is 24.9. The number of thiazole rings is 1. The predicted molar refractivity (Wildman–Crippen MR) is 140 cm³/mol. The van der Waals surface area contributed by atoms with E-state index in [1.165, 1.54) is 23.1 Å². The Balaban J connectivity index is 1.26. The van der Waals surface area contributed by atoms with Gasteiger partial charge in [-0.2, -0.15) is 0 Å². The van der Waals surface area contributed by atoms with Gasteiger partial charge in [0.1, 0.15) is 10.7 Å². The third kappa shape index (κ3) is 5.93. The Morgan fingerprint density at radius 2 is 2.06 bits per heavy atom. The van der Waals surface area contributed by atoms with Crippen LogP contribution >= 0.6 is 46.3 Å². The lowest BCUT2D eigenvalue weighted by Crippen LogP contribution is -2.41. The number of carbonyl (C=O) groups is 1. The van der Waals surface area contributed by atoms with Crippen LogP contribution in [0.2, 0.25) is 10.0 Å². The number of furan rings is 1. The quantitative estimate of drug-likeness (QED) is 0.293. The average molecular weight is 566 g/mol. The second-order valence-electron chi connectivity index (χ2n) is 7.84. The van der Waals surface area contributed by atoms with Gasteiger partial charge in [0.05, 0.1) is 35.9 Å². The van der Waals surface area contributed by atoms with Gasteiger partial charge < -0.3 is 14.5 Å². The number of halogens is 2. The molecule has 0 atom stereocenters. The fourth-order valence-electron chi connectivity index (χ4n) is 3.66. The molecule has 1 fully saturated rings. The molecular formula is C23H22Cl2N6O3S2. The van der Waals surface area contributed by atoms with Crippen molar-refractivity contribution in [3.8, 4) is 17.3 Å². The minimum absolute atomic E-state index is 0.174. The first-order chi connectivity index (χ1) is 17.6. The molecule has 4 heterocycles. The molecule has 0 spiro atoms. The van der Waals surface area contributed by atoms with Gasteiger partial charge in [-0.05, 0) is 30.3 Å². The highest BCUT2D eigenvalue weighted by molar-refractivity contribution is 7.98. The van der Waals surface area contributed by atoms with Crippen molar-refractivity contribution in [3.05, 3.63) is 62.7 Å². The van der Waals surface area contributed by atoms with Crippen LogP contribution in [-0.4, -0.2) is 69.9 Å². The first-order valence-corrected chi connectivity index (χ1v) is 13.8. The number of rotatable bonds is 9. The summed E-state index contributed by atoms with van der Waals surface area (Å²) >= 11 is 15.5. The summed E-state index contributed by atoms with van der Waals surface area (Å²) in [5.74, 6) is 1.41. The summed E-state index contributed by atoms with van der Waals surface area (Å²) in [6.07, 6.45) is 1.58. The molecule has 0 aliphatic carbocycles. The van der Waals surface area contributed by atoms with E-state index in [9.17, 15) is 4.79 Å². The Bertz CT molecular complexity index is 1320. The molecule has 0 unspecified atom stereocenters. The number of hydrogen-bond donors (Lipinski definition) is 1. The number of thioether (sulfide) groups is 1. The molecule has 1 N–H and O–H groups in total. The van der Waals surface area contributed by atoms with E-state index in [0.29, 0.717) is 50.5 Å². The minimum atomic E-state index is -0.174. The van der Waals surface area contributed by atoms with Crippen LogP contribution in [0.15, 0.2) is 51.5 Å². The molecule has 1 aliphatic rings. The van der Waals surface area contributed by atoms with Crippen LogP contribution < -0.4 is 5.32 Å². The summed E-state index contributed by atoms with van der Waals surface area (Å²) in [5.41, 5.74) is 1.09. The van der Waals surface area contributed by atoms with E-state index >= 15 is 0 Å². The molecule has 4 aromatic rings. The van der Waals surface area contributed by atoms with Gasteiger partial charge in [-0.3, -0.25) is 14.3 Å². The number of amides is 1. The number of morpholine rings is 1. The van der Waals surface area contributed by atoms with Gasteiger partial charge in [-0.25, -0.2) is 4.98 Å². The van der Waals surface area contributed by atoms with Crippen molar-refractivity contribution in [1.82, 2.24) is 30.0 Å². The standard InChI is InChI=1S/C23H22Cl2N6O3S2/c24-15-3-4-18(16(25)12-15)31-21(19-2-1-9-34-19)28-29-23(31)36-14-20-27-17(13-35-20)22(32)26-5-6-30-7-10-33-11-8-30/h1-4,9,12-13H,5-8,10-11,14H2,(H,26,32). The van der Waals surface area contributed by atoms with E-state index < -0.39 is 0 Å². The molecule has 1 amide bonds. The Hall–Kier alpha value is -2.41. The summed E-state index contributed by atoms with van der Waals surface area (Å²) in [7, 11) is 0. The van der Waals surface area contributed by atoms with E-state index in [1.807, 2.05) is 16.7 Å². The molecule has 1 aliphatic heterocycles. The molecule has 0 radical (unpaired) electrons. The molecule has 3 aromatic heterocycles. The van der Waals surface area contributed by atoms with E-state index in [-0.39, 0.29) is 5.91 Å². The highest BCUT2D eigenvalue weighted by Crippen LogP contribution is 2.34. The van der Waals surface area contributed by atoms with Crippen molar-refractivity contribution in [3.63, 3.8) is 0 Å². The molecular weight excluding hydrogens is 543 g/mol. The van der Waals surface area contributed by atoms with Crippen molar-refractivity contribution >= 4 is 52.2 Å². The Morgan fingerprint density at radius 1 is 1.19 bits per heavy atom. The highest BCUT2D eigenvalue weighted by Gasteiger charge is 2.21. The maximum Gasteiger partial charge on any atom is 0.270 e. The van der Waals surface area contributed by atoms with Gasteiger partial charge in [0.15, 0.2) is 10.9 Å². The SMILES string of the molecule is O=C(NCCN1CCOCC1)c1csc(CSc2nnc(-c3ccco3)n2-c2ccc(Cl)cc2Cl)n1. The number of nitrogens with one attached hydrogen (secondary N) is 1.